The molecule has 9 heteroatoms. The first-order valence-electron chi connectivity index (χ1n) is 10.2. The van der Waals surface area contributed by atoms with Crippen molar-refractivity contribution in [1.29, 1.82) is 0 Å². The number of hydrazone groups is 1. The van der Waals surface area contributed by atoms with Crippen LogP contribution in [0, 0.1) is 0 Å². The van der Waals surface area contributed by atoms with Gasteiger partial charge in [-0.15, -0.1) is 0 Å². The van der Waals surface area contributed by atoms with E-state index >= 15 is 0 Å². The molecule has 0 fully saturated rings. The van der Waals surface area contributed by atoms with Crippen molar-refractivity contribution in [3.63, 3.8) is 0 Å². The lowest BCUT2D eigenvalue weighted by atomic mass is 10.0. The van der Waals surface area contributed by atoms with Crippen LogP contribution in [-0.4, -0.2) is 18.0 Å². The molecule has 2 aromatic rings. The molecular weight excluding hydrogens is 455 g/mol. The first-order valence-corrected chi connectivity index (χ1v) is 10.6. The Labute approximate surface area is 195 Å². The third kappa shape index (κ3) is 8.73. The van der Waals surface area contributed by atoms with Crippen molar-refractivity contribution in [2.75, 3.05) is 5.32 Å². The van der Waals surface area contributed by atoms with Gasteiger partial charge in [-0.3, -0.25) is 9.59 Å². The average Bonchev–Trinajstić information content (AvgIpc) is 2.73. The highest BCUT2D eigenvalue weighted by Crippen LogP contribution is 2.33. The number of alkyl halides is 3. The normalized spacial score (nSPS) is 12.3. The number of carbonyl (C=O) groups is 2. The van der Waals surface area contributed by atoms with E-state index < -0.39 is 23.6 Å². The molecule has 2 rings (SSSR count). The van der Waals surface area contributed by atoms with Crippen molar-refractivity contribution in [3.05, 3.63) is 69.8 Å². The van der Waals surface area contributed by atoms with Crippen molar-refractivity contribution in [2.45, 2.75) is 45.7 Å². The molecule has 5 nitrogen and oxygen atoms in total. The van der Waals surface area contributed by atoms with E-state index in [-0.39, 0.29) is 23.6 Å². The maximum Gasteiger partial charge on any atom is 0.416 e. The Hall–Kier alpha value is -3.13. The van der Waals surface area contributed by atoms with Crippen molar-refractivity contribution in [2.24, 2.45) is 5.10 Å². The Bertz CT molecular complexity index is 1050. The highest BCUT2D eigenvalue weighted by atomic mass is 35.5. The van der Waals surface area contributed by atoms with Gasteiger partial charge in [-0.1, -0.05) is 55.8 Å². The minimum atomic E-state index is -4.56. The molecule has 0 radical (unpaired) electrons. The largest absolute Gasteiger partial charge is 0.416 e. The fraction of sp³-hybridized carbons (Fsp3) is 0.292. The SMILES string of the molecule is CC(C=NNC(=O)CCC(=O)Nc1cc(C(F)(F)F)ccc1Cl)=Cc1ccc(C(C)C)cc1. The lowest BCUT2D eigenvalue weighted by Gasteiger charge is -2.11. The van der Waals surface area contributed by atoms with Gasteiger partial charge in [0.2, 0.25) is 11.8 Å². The number of halogens is 4. The Kier molecular flexibility index (Phi) is 9.22. The van der Waals surface area contributed by atoms with Crippen molar-refractivity contribution < 1.29 is 22.8 Å². The third-order valence-electron chi connectivity index (χ3n) is 4.60. The van der Waals surface area contributed by atoms with Crippen LogP contribution in [0.15, 0.2) is 53.1 Å². The number of anilines is 1. The molecule has 0 bridgehead atoms. The predicted molar refractivity (Wildman–Crippen MR) is 125 cm³/mol. The van der Waals surface area contributed by atoms with Gasteiger partial charge in [-0.05, 0) is 47.7 Å². The van der Waals surface area contributed by atoms with Gasteiger partial charge < -0.3 is 5.32 Å². The first kappa shape index (κ1) is 26.1. The molecule has 0 aliphatic carbocycles. The van der Waals surface area contributed by atoms with Crippen LogP contribution < -0.4 is 10.7 Å². The van der Waals surface area contributed by atoms with Crippen LogP contribution in [0.4, 0.5) is 18.9 Å². The van der Waals surface area contributed by atoms with E-state index in [9.17, 15) is 22.8 Å². The number of nitrogens with zero attached hydrogens (tertiary/aromatic N) is 1. The lowest BCUT2D eigenvalue weighted by Crippen LogP contribution is -2.21. The number of allylic oxidation sites excluding steroid dienone is 1. The molecule has 0 atom stereocenters. The Morgan fingerprint density at radius 1 is 1.06 bits per heavy atom. The Balaban J connectivity index is 1.83. The molecule has 0 aliphatic heterocycles. The summed E-state index contributed by atoms with van der Waals surface area (Å²) in [6, 6.07) is 10.7. The monoisotopic (exact) mass is 479 g/mol. The summed E-state index contributed by atoms with van der Waals surface area (Å²) in [6.45, 7) is 6.07. The minimum absolute atomic E-state index is 0.0356. The topological polar surface area (TPSA) is 70.6 Å². The summed E-state index contributed by atoms with van der Waals surface area (Å²) >= 11 is 5.84. The Morgan fingerprint density at radius 3 is 2.30 bits per heavy atom. The van der Waals surface area contributed by atoms with Gasteiger partial charge in [0, 0.05) is 12.8 Å². The van der Waals surface area contributed by atoms with Gasteiger partial charge in [0.25, 0.3) is 0 Å². The van der Waals surface area contributed by atoms with Gasteiger partial charge in [-0.25, -0.2) is 5.43 Å². The van der Waals surface area contributed by atoms with Crippen LogP contribution in [0.25, 0.3) is 6.08 Å². The molecule has 0 saturated heterocycles. The van der Waals surface area contributed by atoms with Crippen LogP contribution in [0.3, 0.4) is 0 Å². The van der Waals surface area contributed by atoms with E-state index in [1.807, 2.05) is 25.1 Å². The molecule has 0 saturated carbocycles. The van der Waals surface area contributed by atoms with E-state index in [0.29, 0.717) is 5.92 Å². The third-order valence-corrected chi connectivity index (χ3v) is 4.93. The summed E-state index contributed by atoms with van der Waals surface area (Å²) in [6.07, 6.45) is -1.61. The van der Waals surface area contributed by atoms with E-state index in [0.717, 1.165) is 29.3 Å². The second-order valence-corrected chi connectivity index (χ2v) is 8.15. The van der Waals surface area contributed by atoms with Gasteiger partial charge in [0.05, 0.1) is 22.5 Å². The number of benzene rings is 2. The molecule has 33 heavy (non-hydrogen) atoms. The fourth-order valence-corrected chi connectivity index (χ4v) is 2.94. The van der Waals surface area contributed by atoms with Crippen LogP contribution in [0.2, 0.25) is 5.02 Å². The van der Waals surface area contributed by atoms with Crippen LogP contribution in [-0.2, 0) is 15.8 Å². The molecule has 2 aromatic carbocycles. The predicted octanol–water partition coefficient (Wildman–Crippen LogP) is 6.41. The molecule has 0 unspecified atom stereocenters. The lowest BCUT2D eigenvalue weighted by molar-refractivity contribution is -0.137. The Morgan fingerprint density at radius 2 is 1.70 bits per heavy atom. The summed E-state index contributed by atoms with van der Waals surface area (Å²) in [5.74, 6) is -0.702. The number of hydrogen-bond donors (Lipinski definition) is 2. The molecule has 0 aromatic heterocycles. The number of hydrogen-bond acceptors (Lipinski definition) is 3. The molecule has 0 heterocycles. The summed E-state index contributed by atoms with van der Waals surface area (Å²) in [5, 5.41) is 6.11. The van der Waals surface area contributed by atoms with E-state index in [1.54, 1.807) is 0 Å². The number of amides is 2. The number of rotatable bonds is 8. The minimum Gasteiger partial charge on any atom is -0.325 e. The quantitative estimate of drug-likeness (QED) is 0.339. The zero-order valence-corrected chi connectivity index (χ0v) is 19.2. The zero-order valence-electron chi connectivity index (χ0n) is 18.5. The van der Waals surface area contributed by atoms with Gasteiger partial charge in [0.1, 0.15) is 0 Å². The van der Waals surface area contributed by atoms with Gasteiger partial charge in [-0.2, -0.15) is 18.3 Å². The van der Waals surface area contributed by atoms with E-state index in [2.05, 4.69) is 41.8 Å². The molecule has 2 amide bonds. The smallest absolute Gasteiger partial charge is 0.325 e. The van der Waals surface area contributed by atoms with Gasteiger partial charge >= 0.3 is 6.18 Å². The molecular formula is C24H25ClF3N3O2. The number of carbonyl (C=O) groups excluding carboxylic acids is 2. The summed E-state index contributed by atoms with van der Waals surface area (Å²) in [7, 11) is 0. The van der Waals surface area contributed by atoms with Crippen molar-refractivity contribution in [1.82, 2.24) is 5.43 Å². The summed E-state index contributed by atoms with van der Waals surface area (Å²) in [4.78, 5) is 23.9. The van der Waals surface area contributed by atoms with Gasteiger partial charge in [0.15, 0.2) is 0 Å². The molecule has 0 spiro atoms. The highest BCUT2D eigenvalue weighted by molar-refractivity contribution is 6.33. The number of nitrogens with one attached hydrogen (secondary N) is 2. The van der Waals surface area contributed by atoms with E-state index in [1.165, 1.54) is 11.8 Å². The van der Waals surface area contributed by atoms with Crippen LogP contribution in [0.5, 0.6) is 0 Å². The zero-order chi connectivity index (χ0) is 24.6. The van der Waals surface area contributed by atoms with Crippen molar-refractivity contribution in [3.8, 4) is 0 Å². The van der Waals surface area contributed by atoms with E-state index in [4.69, 9.17) is 11.6 Å². The van der Waals surface area contributed by atoms with Crippen LogP contribution >= 0.6 is 11.6 Å². The molecule has 176 valence electrons. The fourth-order valence-electron chi connectivity index (χ4n) is 2.78. The standard InChI is InChI=1S/C24H25ClF3N3O2/c1-15(2)18-6-4-17(5-7-18)12-16(3)14-29-31-23(33)11-10-22(32)30-21-13-19(24(26,27)28)8-9-20(21)25/h4-9,12-15H,10-11H2,1-3H3,(H,30,32)(H,31,33). The first-order chi connectivity index (χ1) is 15.5. The van der Waals surface area contributed by atoms with Crippen LogP contribution in [0.1, 0.15) is 56.2 Å². The highest BCUT2D eigenvalue weighted by Gasteiger charge is 2.31. The summed E-state index contributed by atoms with van der Waals surface area (Å²) < 4.78 is 38.4. The van der Waals surface area contributed by atoms with Crippen molar-refractivity contribution >= 4 is 41.4 Å². The summed E-state index contributed by atoms with van der Waals surface area (Å²) in [5.41, 5.74) is 4.26. The maximum atomic E-state index is 12.8. The second-order valence-electron chi connectivity index (χ2n) is 7.74. The molecule has 0 aliphatic rings. The maximum absolute atomic E-state index is 12.8. The second kappa shape index (κ2) is 11.7. The molecule has 2 N–H and O–H groups in total. The average molecular weight is 480 g/mol.